The topological polar surface area (TPSA) is 296 Å². The molecule has 92 heavy (non-hydrogen) atoms. The molecular weight excluding hydrogens is 1180 g/mol. The summed E-state index contributed by atoms with van der Waals surface area (Å²) in [5, 5.41) is 23.4. The molecule has 1 fully saturated rings. The number of aliphatic hydroxyl groups is 1. The Bertz CT molecular complexity index is 2520. The lowest BCUT2D eigenvalue weighted by molar-refractivity contribution is -0.160. The summed E-state index contributed by atoms with van der Waals surface area (Å²) >= 11 is 0. The minimum absolute atomic E-state index is 0.0165. The zero-order chi connectivity index (χ0) is 71.1. The highest BCUT2D eigenvalue weighted by atomic mass is 16.3. The summed E-state index contributed by atoms with van der Waals surface area (Å²) in [6, 6.07) is -9.39. The first kappa shape index (κ1) is 83.6. The number of allylic oxidation sites excluding steroid dienone is 2. The Morgan fingerprint density at radius 1 is 0.522 bits per heavy atom. The first-order chi connectivity index (χ1) is 42.6. The van der Waals surface area contributed by atoms with Crippen molar-refractivity contribution in [3.8, 4) is 0 Å². The van der Waals surface area contributed by atoms with E-state index in [0.29, 0.717) is 25.7 Å². The number of hydrogen-bond acceptors (Lipinski definition) is 13. The highest BCUT2D eigenvalue weighted by molar-refractivity contribution is 5.99. The summed E-state index contributed by atoms with van der Waals surface area (Å²) < 4.78 is 0. The number of nitrogens with zero attached hydrogens (tertiary/aromatic N) is 7. The molecule has 11 amide bonds. The molecule has 1 aliphatic rings. The number of ketones is 1. The van der Waals surface area contributed by atoms with Crippen molar-refractivity contribution >= 4 is 70.8 Å². The second kappa shape index (κ2) is 39.3. The number of aliphatic hydroxyl groups excluding tert-OH is 1. The van der Waals surface area contributed by atoms with Gasteiger partial charge in [0.15, 0.2) is 5.78 Å². The van der Waals surface area contributed by atoms with Gasteiger partial charge < -0.3 is 60.7 Å². The van der Waals surface area contributed by atoms with E-state index in [2.05, 4.69) is 21.3 Å². The van der Waals surface area contributed by atoms with Gasteiger partial charge in [-0.1, -0.05) is 116 Å². The summed E-state index contributed by atoms with van der Waals surface area (Å²) in [5.74, 6) is -12.1. The van der Waals surface area contributed by atoms with Crippen molar-refractivity contribution in [2.45, 2.75) is 236 Å². The van der Waals surface area contributed by atoms with Crippen LogP contribution in [0.4, 0.5) is 0 Å². The van der Waals surface area contributed by atoms with Crippen molar-refractivity contribution in [3.63, 3.8) is 0 Å². The normalized spacial score (nSPS) is 26.7. The highest BCUT2D eigenvalue weighted by Gasteiger charge is 2.45. The quantitative estimate of drug-likeness (QED) is 0.0855. The van der Waals surface area contributed by atoms with Gasteiger partial charge in [-0.2, -0.15) is 0 Å². The zero-order valence-electron chi connectivity index (χ0n) is 60.5. The van der Waals surface area contributed by atoms with Gasteiger partial charge in [-0.3, -0.25) is 57.5 Å². The summed E-state index contributed by atoms with van der Waals surface area (Å²) in [4.78, 5) is 182. The van der Waals surface area contributed by atoms with Gasteiger partial charge in [0.25, 0.3) is 0 Å². The van der Waals surface area contributed by atoms with Crippen molar-refractivity contribution in [1.29, 1.82) is 0 Å². The summed E-state index contributed by atoms with van der Waals surface area (Å²) in [7, 11) is 11.9. The lowest BCUT2D eigenvalue weighted by atomic mass is 9.83. The van der Waals surface area contributed by atoms with Crippen LogP contribution in [-0.2, 0) is 57.5 Å². The van der Waals surface area contributed by atoms with E-state index in [4.69, 9.17) is 0 Å². The number of carbonyl (C=O) groups excluding carboxylic acids is 12. The van der Waals surface area contributed by atoms with E-state index < -0.39 is 156 Å². The molecule has 0 aromatic carbocycles. The van der Waals surface area contributed by atoms with Crippen molar-refractivity contribution in [2.75, 3.05) is 62.9 Å². The zero-order valence-corrected chi connectivity index (χ0v) is 60.5. The number of unbranched alkanes of at least 4 members (excludes halogenated alkanes) is 2. The van der Waals surface area contributed by atoms with Crippen LogP contribution in [0, 0.1) is 53.3 Å². The Hall–Kier alpha value is -6.46. The van der Waals surface area contributed by atoms with Crippen LogP contribution in [0.2, 0.25) is 0 Å². The maximum atomic E-state index is 15.1. The lowest BCUT2D eigenvalue weighted by Crippen LogP contribution is -2.61. The molecule has 12 unspecified atom stereocenters. The Morgan fingerprint density at radius 2 is 0.989 bits per heavy atom. The molecule has 24 nitrogen and oxygen atoms in total. The van der Waals surface area contributed by atoms with Gasteiger partial charge in [-0.25, -0.2) is 0 Å². The standard InChI is InChI=1S/C68H121N11O13/c1-25-47-45(15)58(82)49(26-2)71-60(84)48(32-30-28-27-29-31-33-54(80)73(17)18)64(88)79(24)68(92)57(44(13)14)78(23)66(90)53(37-42(9)10)77(22)65(89)52(36-41(7)8)74(19)55(81)38-69-59(83)46(16)70-61(85)50(34-39(3)4)76(21)67(91)56(43(11)12)72-62(86)51(35-40(5)6)75(20)63(47)87/h28,30,39-53,56-57,64,88H,25-27,29,31-38H2,1-24H3,(H,69,83)(H,70,85)(H,71,84)(H,72,86)/b30-28+. The van der Waals surface area contributed by atoms with Crippen molar-refractivity contribution in [3.05, 3.63) is 12.2 Å². The summed E-state index contributed by atoms with van der Waals surface area (Å²) in [5.41, 5.74) is 0. The third-order valence-electron chi connectivity index (χ3n) is 17.7. The molecule has 0 aromatic heterocycles. The number of Topliss-reactive ketones (excluding diaryl/α,β-unsaturated/α-hetero) is 1. The van der Waals surface area contributed by atoms with E-state index in [-0.39, 0.29) is 74.5 Å². The van der Waals surface area contributed by atoms with Gasteiger partial charge in [-0.05, 0) is 107 Å². The van der Waals surface area contributed by atoms with Crippen molar-refractivity contribution < 1.29 is 62.6 Å². The second-order valence-corrected chi connectivity index (χ2v) is 28.1. The van der Waals surface area contributed by atoms with E-state index in [9.17, 15) is 53.1 Å². The second-order valence-electron chi connectivity index (χ2n) is 28.1. The van der Waals surface area contributed by atoms with Gasteiger partial charge in [0.1, 0.15) is 48.5 Å². The maximum absolute atomic E-state index is 15.1. The van der Waals surface area contributed by atoms with Crippen LogP contribution in [0.25, 0.3) is 0 Å². The molecule has 0 aliphatic carbocycles. The molecule has 1 heterocycles. The first-order valence-electron chi connectivity index (χ1n) is 33.5. The minimum atomic E-state index is -1.83. The molecule has 24 heteroatoms. The molecular formula is C68H121N11O13. The molecule has 0 spiro atoms. The number of hydrogen-bond donors (Lipinski definition) is 5. The van der Waals surface area contributed by atoms with Crippen LogP contribution in [0.15, 0.2) is 12.2 Å². The van der Waals surface area contributed by atoms with Gasteiger partial charge in [0.05, 0.1) is 18.5 Å². The average Bonchev–Trinajstić information content (AvgIpc) is 0.827. The number of carbonyl (C=O) groups is 12. The van der Waals surface area contributed by atoms with Crippen LogP contribution >= 0.6 is 0 Å². The van der Waals surface area contributed by atoms with Crippen LogP contribution in [0.3, 0.4) is 0 Å². The van der Waals surface area contributed by atoms with Crippen molar-refractivity contribution in [2.24, 2.45) is 53.3 Å². The van der Waals surface area contributed by atoms with Crippen LogP contribution in [0.1, 0.15) is 181 Å². The highest BCUT2D eigenvalue weighted by Crippen LogP contribution is 2.28. The number of likely N-dealkylation sites (N-methyl/N-ethyl adjacent to an activating group) is 6. The van der Waals surface area contributed by atoms with Crippen molar-refractivity contribution in [1.82, 2.24) is 55.6 Å². The fourth-order valence-electron chi connectivity index (χ4n) is 11.7. The third kappa shape index (κ3) is 24.5. The van der Waals surface area contributed by atoms with Gasteiger partial charge in [0.2, 0.25) is 65.0 Å². The fraction of sp³-hybridized carbons (Fsp3) is 0.794. The smallest absolute Gasteiger partial charge is 0.247 e. The van der Waals surface area contributed by atoms with E-state index >= 15 is 9.59 Å². The van der Waals surface area contributed by atoms with Gasteiger partial charge >= 0.3 is 0 Å². The van der Waals surface area contributed by atoms with Crippen LogP contribution in [-0.4, -0.2) is 228 Å². The molecule has 0 saturated carbocycles. The summed E-state index contributed by atoms with van der Waals surface area (Å²) in [6.07, 6.45) is 4.54. The predicted octanol–water partition coefficient (Wildman–Crippen LogP) is 4.85. The molecule has 526 valence electrons. The molecule has 0 bridgehead atoms. The fourth-order valence-corrected chi connectivity index (χ4v) is 11.7. The Labute approximate surface area is 551 Å². The molecule has 12 atom stereocenters. The van der Waals surface area contributed by atoms with Gasteiger partial charge in [0, 0.05) is 74.6 Å². The van der Waals surface area contributed by atoms with Crippen LogP contribution < -0.4 is 21.3 Å². The molecule has 5 N–H and O–H groups in total. The predicted molar refractivity (Wildman–Crippen MR) is 356 cm³/mol. The Balaban J connectivity index is 4.31. The van der Waals surface area contributed by atoms with E-state index in [1.165, 1.54) is 78.6 Å². The Morgan fingerprint density at radius 3 is 1.46 bits per heavy atom. The molecule has 0 aromatic rings. The number of amides is 11. The third-order valence-corrected chi connectivity index (χ3v) is 17.7. The molecule has 0 radical (unpaired) electrons. The first-order valence-corrected chi connectivity index (χ1v) is 33.5. The van der Waals surface area contributed by atoms with E-state index in [1.807, 2.05) is 61.5 Å². The number of rotatable bonds is 19. The minimum Gasteiger partial charge on any atom is -0.373 e. The molecule has 1 rings (SSSR count). The molecule has 1 saturated heterocycles. The average molecular weight is 1300 g/mol. The summed E-state index contributed by atoms with van der Waals surface area (Å²) in [6.45, 7) is 27.7. The monoisotopic (exact) mass is 1300 g/mol. The lowest BCUT2D eigenvalue weighted by Gasteiger charge is -2.40. The van der Waals surface area contributed by atoms with Gasteiger partial charge in [-0.15, -0.1) is 0 Å². The Kier molecular flexibility index (Phi) is 35.7. The van der Waals surface area contributed by atoms with E-state index in [1.54, 1.807) is 68.6 Å². The maximum Gasteiger partial charge on any atom is 0.247 e. The van der Waals surface area contributed by atoms with E-state index in [0.717, 1.165) is 4.90 Å². The number of nitrogens with one attached hydrogen (secondary N) is 4. The van der Waals surface area contributed by atoms with Crippen LogP contribution in [0.5, 0.6) is 0 Å². The largest absolute Gasteiger partial charge is 0.373 e. The molecule has 1 aliphatic heterocycles. The SMILES string of the molecule is CCC1NC(=O)C(C/C=C/CCCCC(=O)N(C)C)C(O)N(C)C(=O)C(C(C)C)N(C)C(=O)C(CC(C)C)N(C)C(=O)C(CC(C)C)N(C)C(=O)CNC(=O)C(C)NC(=O)C(CC(C)C)N(C)C(=O)C(C(C)C)NC(=O)C(CC(C)C)N(C)C(=O)C(CC)C(C)C1=O.